The van der Waals surface area contributed by atoms with E-state index >= 15 is 0 Å². The largest absolute Gasteiger partial charge is 0.481 e. The third kappa shape index (κ3) is 2.57. The summed E-state index contributed by atoms with van der Waals surface area (Å²) < 4.78 is 0.891. The third-order valence-corrected chi connectivity index (χ3v) is 2.39. The molecule has 1 atom stereocenters. The highest BCUT2D eigenvalue weighted by molar-refractivity contribution is 9.10. The molecule has 1 aromatic carbocycles. The molecule has 3 nitrogen and oxygen atoms in total. The van der Waals surface area contributed by atoms with Crippen molar-refractivity contribution in [1.82, 2.24) is 0 Å². The maximum Gasteiger partial charge on any atom is 0.312 e. The predicted molar refractivity (Wildman–Crippen MR) is 54.7 cm³/mol. The summed E-state index contributed by atoms with van der Waals surface area (Å²) >= 11 is 3.26. The summed E-state index contributed by atoms with van der Waals surface area (Å²) in [4.78, 5) is 10.8. The van der Waals surface area contributed by atoms with Crippen LogP contribution in [0.25, 0.3) is 0 Å². The summed E-state index contributed by atoms with van der Waals surface area (Å²) in [5.41, 5.74) is 0.655. The second kappa shape index (κ2) is 4.77. The van der Waals surface area contributed by atoms with E-state index in [1.807, 2.05) is 6.07 Å². The summed E-state index contributed by atoms with van der Waals surface area (Å²) in [6, 6.07) is 8.82. The van der Waals surface area contributed by atoms with Crippen LogP contribution in [-0.2, 0) is 4.79 Å². The van der Waals surface area contributed by atoms with Crippen LogP contribution in [0, 0.1) is 11.3 Å². The summed E-state index contributed by atoms with van der Waals surface area (Å²) in [6.45, 7) is 0. The molecule has 0 aliphatic heterocycles. The number of carboxylic acids is 1. The van der Waals surface area contributed by atoms with Gasteiger partial charge >= 0.3 is 5.97 Å². The van der Waals surface area contributed by atoms with Crippen LogP contribution in [-0.4, -0.2) is 11.1 Å². The molecule has 0 radical (unpaired) electrons. The van der Waals surface area contributed by atoms with E-state index < -0.39 is 11.9 Å². The van der Waals surface area contributed by atoms with Crippen molar-refractivity contribution in [3.05, 3.63) is 34.3 Å². The number of nitrogens with zero attached hydrogens (tertiary/aromatic N) is 1. The first-order valence-electron chi connectivity index (χ1n) is 4.00. The molecule has 0 spiro atoms. The van der Waals surface area contributed by atoms with Crippen LogP contribution in [0.5, 0.6) is 0 Å². The minimum absolute atomic E-state index is 0.00301. The molecule has 14 heavy (non-hydrogen) atoms. The maximum absolute atomic E-state index is 10.8. The quantitative estimate of drug-likeness (QED) is 0.901. The lowest BCUT2D eigenvalue weighted by Gasteiger charge is -2.08. The van der Waals surface area contributed by atoms with E-state index in [0.29, 0.717) is 5.56 Å². The van der Waals surface area contributed by atoms with Crippen LogP contribution in [0.1, 0.15) is 17.9 Å². The molecule has 0 saturated carbocycles. The molecule has 1 aromatic rings. The van der Waals surface area contributed by atoms with E-state index in [9.17, 15) is 4.79 Å². The minimum Gasteiger partial charge on any atom is -0.481 e. The Bertz CT molecular complexity index is 367. The molecule has 0 aliphatic rings. The standard InChI is InChI=1S/C10H8BrNO2/c11-8-3-1-7(2-4-8)9(5-6-12)10(13)14/h1-4,9H,5H2,(H,13,14). The van der Waals surface area contributed by atoms with E-state index in [0.717, 1.165) is 4.47 Å². The average molecular weight is 254 g/mol. The SMILES string of the molecule is N#CCC(C(=O)O)c1ccc(Br)cc1. The summed E-state index contributed by atoms with van der Waals surface area (Å²) in [5, 5.41) is 17.3. The van der Waals surface area contributed by atoms with E-state index in [2.05, 4.69) is 15.9 Å². The van der Waals surface area contributed by atoms with E-state index in [4.69, 9.17) is 10.4 Å². The highest BCUT2D eigenvalue weighted by Gasteiger charge is 2.18. The number of nitriles is 1. The van der Waals surface area contributed by atoms with Crippen molar-refractivity contribution < 1.29 is 9.90 Å². The Labute approximate surface area is 90.1 Å². The number of benzene rings is 1. The number of carbonyl (C=O) groups is 1. The van der Waals surface area contributed by atoms with Crippen molar-refractivity contribution in [2.45, 2.75) is 12.3 Å². The second-order valence-electron chi connectivity index (χ2n) is 2.80. The van der Waals surface area contributed by atoms with Crippen molar-refractivity contribution in [3.8, 4) is 6.07 Å². The lowest BCUT2D eigenvalue weighted by molar-refractivity contribution is -0.138. The first-order chi connectivity index (χ1) is 6.65. The number of hydrogen-bond acceptors (Lipinski definition) is 2. The van der Waals surface area contributed by atoms with Crippen molar-refractivity contribution in [1.29, 1.82) is 5.26 Å². The molecule has 72 valence electrons. The van der Waals surface area contributed by atoms with Gasteiger partial charge in [-0.2, -0.15) is 5.26 Å². The highest BCUT2D eigenvalue weighted by atomic mass is 79.9. The monoisotopic (exact) mass is 253 g/mol. The van der Waals surface area contributed by atoms with Crippen molar-refractivity contribution in [2.24, 2.45) is 0 Å². The van der Waals surface area contributed by atoms with Gasteiger partial charge in [-0.3, -0.25) is 4.79 Å². The molecule has 0 aromatic heterocycles. The van der Waals surface area contributed by atoms with Gasteiger partial charge in [0.2, 0.25) is 0 Å². The number of aliphatic carboxylic acids is 1. The van der Waals surface area contributed by atoms with Gasteiger partial charge in [-0.05, 0) is 17.7 Å². The second-order valence-corrected chi connectivity index (χ2v) is 3.72. The smallest absolute Gasteiger partial charge is 0.312 e. The molecule has 0 aliphatic carbocycles. The van der Waals surface area contributed by atoms with Crippen LogP contribution in [0.2, 0.25) is 0 Å². The zero-order valence-electron chi connectivity index (χ0n) is 7.27. The van der Waals surface area contributed by atoms with E-state index in [-0.39, 0.29) is 6.42 Å². The van der Waals surface area contributed by atoms with Crippen molar-refractivity contribution in [3.63, 3.8) is 0 Å². The first-order valence-corrected chi connectivity index (χ1v) is 4.79. The Morgan fingerprint density at radius 3 is 2.50 bits per heavy atom. The van der Waals surface area contributed by atoms with Gasteiger partial charge in [-0.1, -0.05) is 28.1 Å². The third-order valence-electron chi connectivity index (χ3n) is 1.87. The van der Waals surface area contributed by atoms with Crippen molar-refractivity contribution >= 4 is 21.9 Å². The first kappa shape index (κ1) is 10.7. The predicted octanol–water partition coefficient (Wildman–Crippen LogP) is 2.53. The number of rotatable bonds is 3. The Kier molecular flexibility index (Phi) is 3.66. The zero-order chi connectivity index (χ0) is 10.6. The van der Waals surface area contributed by atoms with Crippen LogP contribution in [0.3, 0.4) is 0 Å². The molecule has 1 rings (SSSR count). The molecule has 0 saturated heterocycles. The lowest BCUT2D eigenvalue weighted by Crippen LogP contribution is -2.10. The fourth-order valence-electron chi connectivity index (χ4n) is 1.13. The molecule has 0 bridgehead atoms. The maximum atomic E-state index is 10.8. The van der Waals surface area contributed by atoms with Gasteiger partial charge < -0.3 is 5.11 Å². The molecular formula is C10H8BrNO2. The fraction of sp³-hybridized carbons (Fsp3) is 0.200. The van der Waals surface area contributed by atoms with Gasteiger partial charge in [0.25, 0.3) is 0 Å². The molecule has 1 N–H and O–H groups in total. The topological polar surface area (TPSA) is 61.1 Å². The van der Waals surface area contributed by atoms with Gasteiger partial charge in [0, 0.05) is 4.47 Å². The Hall–Kier alpha value is -1.34. The fourth-order valence-corrected chi connectivity index (χ4v) is 1.40. The van der Waals surface area contributed by atoms with E-state index in [1.165, 1.54) is 0 Å². The molecular weight excluding hydrogens is 246 g/mol. The Balaban J connectivity index is 2.95. The minimum atomic E-state index is -0.964. The number of hydrogen-bond donors (Lipinski definition) is 1. The average Bonchev–Trinajstić information content (AvgIpc) is 2.15. The molecule has 0 heterocycles. The molecule has 0 amide bonds. The molecule has 0 fully saturated rings. The highest BCUT2D eigenvalue weighted by Crippen LogP contribution is 2.21. The normalized spacial score (nSPS) is 11.7. The number of carboxylic acid groups (broad SMARTS) is 1. The van der Waals surface area contributed by atoms with Gasteiger partial charge in [0.1, 0.15) is 0 Å². The van der Waals surface area contributed by atoms with Crippen LogP contribution < -0.4 is 0 Å². The summed E-state index contributed by atoms with van der Waals surface area (Å²) in [7, 11) is 0. The molecule has 1 unspecified atom stereocenters. The lowest BCUT2D eigenvalue weighted by atomic mass is 9.97. The van der Waals surface area contributed by atoms with Gasteiger partial charge in [-0.25, -0.2) is 0 Å². The Morgan fingerprint density at radius 2 is 2.07 bits per heavy atom. The van der Waals surface area contributed by atoms with Crippen molar-refractivity contribution in [2.75, 3.05) is 0 Å². The number of halogens is 1. The Morgan fingerprint density at radius 1 is 1.50 bits per heavy atom. The molecule has 4 heteroatoms. The van der Waals surface area contributed by atoms with Crippen LogP contribution >= 0.6 is 15.9 Å². The zero-order valence-corrected chi connectivity index (χ0v) is 8.86. The van der Waals surface area contributed by atoms with Crippen LogP contribution in [0.15, 0.2) is 28.7 Å². The van der Waals surface area contributed by atoms with E-state index in [1.54, 1.807) is 24.3 Å². The summed E-state index contributed by atoms with van der Waals surface area (Å²) in [5.74, 6) is -1.69. The van der Waals surface area contributed by atoms with Crippen LogP contribution in [0.4, 0.5) is 0 Å². The van der Waals surface area contributed by atoms with Gasteiger partial charge in [-0.15, -0.1) is 0 Å². The van der Waals surface area contributed by atoms with Gasteiger partial charge in [0.15, 0.2) is 0 Å². The summed E-state index contributed by atoms with van der Waals surface area (Å²) in [6.07, 6.45) is -0.00301. The van der Waals surface area contributed by atoms with Gasteiger partial charge in [0.05, 0.1) is 18.4 Å².